The fourth-order valence-corrected chi connectivity index (χ4v) is 0.982. The normalized spacial score (nSPS) is 10.2. The lowest BCUT2D eigenvalue weighted by molar-refractivity contribution is 0.126. The molecule has 1 aromatic rings. The average Bonchev–Trinajstić information content (AvgIpc) is 2.06. The molecule has 0 amide bonds. The van der Waals surface area contributed by atoms with E-state index in [1.807, 2.05) is 0 Å². The first-order valence-corrected chi connectivity index (χ1v) is 3.61. The molecule has 4 heteroatoms. The zero-order valence-corrected chi connectivity index (χ0v) is 7.20. The molecular formula is C8H12N2O2. The van der Waals surface area contributed by atoms with Crippen LogP contribution in [0.3, 0.4) is 0 Å². The van der Waals surface area contributed by atoms with E-state index in [4.69, 9.17) is 10.5 Å². The molecule has 0 aliphatic carbocycles. The summed E-state index contributed by atoms with van der Waals surface area (Å²) in [6.07, 6.45) is 0. The quantitative estimate of drug-likeness (QED) is 0.692. The first-order valence-electron chi connectivity index (χ1n) is 3.61. The minimum Gasteiger partial charge on any atom is -0.397 e. The molecule has 0 aliphatic rings. The number of hydrogen-bond donors (Lipinski definition) is 1. The van der Waals surface area contributed by atoms with Crippen LogP contribution in [0.1, 0.15) is 5.69 Å². The van der Waals surface area contributed by atoms with Crippen LogP contribution in [0.5, 0.6) is 0 Å². The third kappa shape index (κ3) is 1.48. The molecule has 0 fully saturated rings. The largest absolute Gasteiger partial charge is 0.397 e. The fraction of sp³-hybridized carbons (Fsp3) is 0.375. The Morgan fingerprint density at radius 3 is 2.83 bits per heavy atom. The lowest BCUT2D eigenvalue weighted by atomic mass is 10.3. The molecule has 0 aromatic carbocycles. The SMILES string of the molecule is COCn1c(C)c(N)ccc1=O. The maximum absolute atomic E-state index is 11.2. The lowest BCUT2D eigenvalue weighted by Gasteiger charge is -2.09. The van der Waals surface area contributed by atoms with Crippen molar-refractivity contribution < 1.29 is 4.74 Å². The number of ether oxygens (including phenoxy) is 1. The molecule has 1 heterocycles. The zero-order valence-electron chi connectivity index (χ0n) is 7.20. The smallest absolute Gasteiger partial charge is 0.252 e. The van der Waals surface area contributed by atoms with E-state index < -0.39 is 0 Å². The van der Waals surface area contributed by atoms with E-state index in [0.29, 0.717) is 5.69 Å². The predicted molar refractivity (Wildman–Crippen MR) is 46.9 cm³/mol. The fourth-order valence-electron chi connectivity index (χ4n) is 0.982. The minimum atomic E-state index is -0.0939. The van der Waals surface area contributed by atoms with Gasteiger partial charge in [-0.2, -0.15) is 0 Å². The highest BCUT2D eigenvalue weighted by molar-refractivity contribution is 5.41. The summed E-state index contributed by atoms with van der Waals surface area (Å²) in [5, 5.41) is 0. The molecule has 1 aromatic heterocycles. The van der Waals surface area contributed by atoms with Crippen molar-refractivity contribution in [3.8, 4) is 0 Å². The first kappa shape index (κ1) is 8.80. The number of nitrogens with zero attached hydrogens (tertiary/aromatic N) is 1. The molecule has 2 N–H and O–H groups in total. The van der Waals surface area contributed by atoms with Crippen LogP contribution < -0.4 is 11.3 Å². The van der Waals surface area contributed by atoms with Crippen LogP contribution in [-0.4, -0.2) is 11.7 Å². The Bertz CT molecular complexity index is 330. The summed E-state index contributed by atoms with van der Waals surface area (Å²) in [7, 11) is 1.54. The summed E-state index contributed by atoms with van der Waals surface area (Å²) in [5.74, 6) is 0. The monoisotopic (exact) mass is 168 g/mol. The Kier molecular flexibility index (Phi) is 2.50. The van der Waals surface area contributed by atoms with E-state index in [1.165, 1.54) is 17.7 Å². The van der Waals surface area contributed by atoms with Crippen molar-refractivity contribution in [3.63, 3.8) is 0 Å². The molecule has 0 aliphatic heterocycles. The number of rotatable bonds is 2. The van der Waals surface area contributed by atoms with Crippen molar-refractivity contribution in [1.29, 1.82) is 0 Å². The maximum Gasteiger partial charge on any atom is 0.252 e. The summed E-state index contributed by atoms with van der Waals surface area (Å²) in [6.45, 7) is 2.03. The number of nitrogen functional groups attached to an aromatic ring is 1. The van der Waals surface area contributed by atoms with Gasteiger partial charge in [-0.1, -0.05) is 0 Å². The third-order valence-corrected chi connectivity index (χ3v) is 1.75. The standard InChI is InChI=1S/C8H12N2O2/c1-6-7(9)3-4-8(11)10(6)5-12-2/h3-4H,5,9H2,1-2H3. The second kappa shape index (κ2) is 3.40. The molecule has 0 bridgehead atoms. The summed E-state index contributed by atoms with van der Waals surface area (Å²) in [5.41, 5.74) is 6.85. The van der Waals surface area contributed by atoms with Crippen LogP contribution in [0.25, 0.3) is 0 Å². The van der Waals surface area contributed by atoms with Gasteiger partial charge >= 0.3 is 0 Å². The highest BCUT2D eigenvalue weighted by Crippen LogP contribution is 2.05. The highest BCUT2D eigenvalue weighted by Gasteiger charge is 2.01. The summed E-state index contributed by atoms with van der Waals surface area (Å²) < 4.78 is 6.33. The second-order valence-corrected chi connectivity index (χ2v) is 2.56. The van der Waals surface area contributed by atoms with Crippen molar-refractivity contribution in [2.24, 2.45) is 0 Å². The number of methoxy groups -OCH3 is 1. The average molecular weight is 168 g/mol. The third-order valence-electron chi connectivity index (χ3n) is 1.75. The molecule has 0 atom stereocenters. The predicted octanol–water partition coefficient (Wildman–Crippen LogP) is 0.343. The Hall–Kier alpha value is -1.29. The molecule has 0 unspecified atom stereocenters. The Morgan fingerprint density at radius 2 is 2.25 bits per heavy atom. The van der Waals surface area contributed by atoms with Crippen molar-refractivity contribution in [2.45, 2.75) is 13.7 Å². The minimum absolute atomic E-state index is 0.0939. The van der Waals surface area contributed by atoms with Crippen LogP contribution >= 0.6 is 0 Å². The summed E-state index contributed by atoms with van der Waals surface area (Å²) in [4.78, 5) is 11.2. The van der Waals surface area contributed by atoms with Gasteiger partial charge in [0.1, 0.15) is 6.73 Å². The number of nitrogens with two attached hydrogens (primary N) is 1. The molecule has 0 saturated heterocycles. The van der Waals surface area contributed by atoms with Gasteiger partial charge in [0.15, 0.2) is 0 Å². The molecule has 0 saturated carbocycles. The van der Waals surface area contributed by atoms with Gasteiger partial charge in [-0.05, 0) is 13.0 Å². The van der Waals surface area contributed by atoms with Gasteiger partial charge in [-0.15, -0.1) is 0 Å². The van der Waals surface area contributed by atoms with Gasteiger partial charge in [0.2, 0.25) is 0 Å². The van der Waals surface area contributed by atoms with E-state index >= 15 is 0 Å². The summed E-state index contributed by atoms with van der Waals surface area (Å²) in [6, 6.07) is 3.03. The number of anilines is 1. The van der Waals surface area contributed by atoms with Gasteiger partial charge in [-0.3, -0.25) is 9.36 Å². The van der Waals surface area contributed by atoms with Crippen molar-refractivity contribution in [1.82, 2.24) is 4.57 Å². The van der Waals surface area contributed by atoms with E-state index in [2.05, 4.69) is 0 Å². The van der Waals surface area contributed by atoms with Crippen molar-refractivity contribution >= 4 is 5.69 Å². The van der Waals surface area contributed by atoms with Crippen LogP contribution in [0.2, 0.25) is 0 Å². The number of aromatic nitrogens is 1. The van der Waals surface area contributed by atoms with Crippen molar-refractivity contribution in [2.75, 3.05) is 12.8 Å². The first-order chi connectivity index (χ1) is 5.66. The highest BCUT2D eigenvalue weighted by atomic mass is 16.5. The van der Waals surface area contributed by atoms with Crippen LogP contribution in [0.4, 0.5) is 5.69 Å². The molecular weight excluding hydrogens is 156 g/mol. The molecule has 0 radical (unpaired) electrons. The summed E-state index contributed by atoms with van der Waals surface area (Å²) >= 11 is 0. The van der Waals surface area contributed by atoms with Gasteiger partial charge in [-0.25, -0.2) is 0 Å². The lowest BCUT2D eigenvalue weighted by Crippen LogP contribution is -2.23. The van der Waals surface area contributed by atoms with Gasteiger partial charge in [0, 0.05) is 18.9 Å². The van der Waals surface area contributed by atoms with Crippen LogP contribution in [0, 0.1) is 6.92 Å². The molecule has 4 nitrogen and oxygen atoms in total. The molecule has 0 spiro atoms. The zero-order chi connectivity index (χ0) is 9.14. The van der Waals surface area contributed by atoms with E-state index in [9.17, 15) is 4.79 Å². The van der Waals surface area contributed by atoms with E-state index in [1.54, 1.807) is 13.0 Å². The van der Waals surface area contributed by atoms with Gasteiger partial charge < -0.3 is 10.5 Å². The molecule has 66 valence electrons. The Balaban J connectivity index is 3.23. The van der Waals surface area contributed by atoms with Crippen LogP contribution in [0.15, 0.2) is 16.9 Å². The molecule has 1 rings (SSSR count). The maximum atomic E-state index is 11.2. The number of pyridine rings is 1. The Morgan fingerprint density at radius 1 is 1.58 bits per heavy atom. The van der Waals surface area contributed by atoms with Gasteiger partial charge in [0.25, 0.3) is 5.56 Å². The van der Waals surface area contributed by atoms with Crippen LogP contribution in [-0.2, 0) is 11.5 Å². The Labute approximate surface area is 70.6 Å². The number of hydrogen-bond acceptors (Lipinski definition) is 3. The molecule has 12 heavy (non-hydrogen) atoms. The van der Waals surface area contributed by atoms with E-state index in [-0.39, 0.29) is 12.3 Å². The topological polar surface area (TPSA) is 57.2 Å². The van der Waals surface area contributed by atoms with Gasteiger partial charge in [0.05, 0.1) is 5.69 Å². The van der Waals surface area contributed by atoms with Crippen molar-refractivity contribution in [3.05, 3.63) is 28.2 Å². The second-order valence-electron chi connectivity index (χ2n) is 2.56. The van der Waals surface area contributed by atoms with E-state index in [0.717, 1.165) is 5.69 Å².